The third-order valence-corrected chi connectivity index (χ3v) is 4.38. The molecule has 136 valence electrons. The number of carbonyl (C=O) groups excluding carboxylic acids is 1. The molecule has 1 aliphatic carbocycles. The summed E-state index contributed by atoms with van der Waals surface area (Å²) >= 11 is 16.1. The van der Waals surface area contributed by atoms with Crippen LogP contribution in [-0.4, -0.2) is 39.8 Å². The van der Waals surface area contributed by atoms with Crippen LogP contribution in [0.1, 0.15) is 30.1 Å². The number of nitrogens with one attached hydrogen (secondary N) is 2. The Morgan fingerprint density at radius 1 is 1.40 bits per heavy atom. The number of aliphatic hydroxyl groups excluding tert-OH is 1. The first kappa shape index (κ1) is 20.0. The van der Waals surface area contributed by atoms with Crippen LogP contribution in [0.15, 0.2) is 29.4 Å². The number of nitrogens with zero attached hydrogens (tertiary/aromatic N) is 1. The first-order chi connectivity index (χ1) is 11.9. The zero-order valence-corrected chi connectivity index (χ0v) is 15.5. The Morgan fingerprint density at radius 3 is 2.56 bits per heavy atom. The molecule has 2 rings (SSSR count). The lowest BCUT2D eigenvalue weighted by atomic mass is 10.0. The molecule has 5 nitrogen and oxygen atoms in total. The van der Waals surface area contributed by atoms with Gasteiger partial charge in [-0.15, -0.1) is 0 Å². The molecule has 0 radical (unpaired) electrons. The van der Waals surface area contributed by atoms with Gasteiger partial charge in [0.25, 0.3) is 5.91 Å². The van der Waals surface area contributed by atoms with Crippen molar-refractivity contribution in [2.45, 2.75) is 29.8 Å². The molecular formula is C16H18Cl2FN3O2S. The molecule has 1 amide bonds. The van der Waals surface area contributed by atoms with Crippen molar-refractivity contribution in [2.24, 2.45) is 11.0 Å². The first-order valence-electron chi connectivity index (χ1n) is 7.68. The molecule has 0 heterocycles. The molecule has 1 aromatic rings. The lowest BCUT2D eigenvalue weighted by Crippen LogP contribution is -2.43. The summed E-state index contributed by atoms with van der Waals surface area (Å²) in [5.41, 5.74) is 3.92. The van der Waals surface area contributed by atoms with Crippen molar-refractivity contribution in [3.8, 4) is 0 Å². The first-order valence-corrected chi connectivity index (χ1v) is 8.96. The summed E-state index contributed by atoms with van der Waals surface area (Å²) in [5, 5.41) is 16.6. The summed E-state index contributed by atoms with van der Waals surface area (Å²) < 4.78 is 13.1. The predicted molar refractivity (Wildman–Crippen MR) is 101 cm³/mol. The van der Waals surface area contributed by atoms with Gasteiger partial charge in [0.05, 0.1) is 6.04 Å². The number of benzene rings is 1. The average molecular weight is 406 g/mol. The molecule has 0 bridgehead atoms. The quantitative estimate of drug-likeness (QED) is 0.269. The highest BCUT2D eigenvalue weighted by atomic mass is 35.5. The number of alkyl halides is 3. The number of hydrazone groups is 1. The van der Waals surface area contributed by atoms with Crippen LogP contribution in [0.2, 0.25) is 0 Å². The molecule has 2 atom stereocenters. The largest absolute Gasteiger partial charge is 0.386 e. The van der Waals surface area contributed by atoms with E-state index in [-0.39, 0.29) is 0 Å². The Morgan fingerprint density at radius 2 is 2.04 bits per heavy atom. The van der Waals surface area contributed by atoms with E-state index >= 15 is 0 Å². The van der Waals surface area contributed by atoms with E-state index < -0.39 is 29.6 Å². The summed E-state index contributed by atoms with van der Waals surface area (Å²) in [6.07, 6.45) is 2.90. The lowest BCUT2D eigenvalue weighted by molar-refractivity contribution is -0.121. The molecule has 1 saturated carbocycles. The van der Waals surface area contributed by atoms with Crippen LogP contribution >= 0.6 is 35.4 Å². The van der Waals surface area contributed by atoms with E-state index in [2.05, 4.69) is 15.8 Å². The number of aliphatic hydroxyl groups is 1. The van der Waals surface area contributed by atoms with Crippen LogP contribution in [0.3, 0.4) is 0 Å². The van der Waals surface area contributed by atoms with Gasteiger partial charge >= 0.3 is 0 Å². The van der Waals surface area contributed by atoms with Crippen LogP contribution in [0.25, 0.3) is 0 Å². The Kier molecular flexibility index (Phi) is 7.56. The van der Waals surface area contributed by atoms with Crippen molar-refractivity contribution in [3.63, 3.8) is 0 Å². The molecule has 1 fully saturated rings. The molecule has 25 heavy (non-hydrogen) atoms. The normalized spacial score (nSPS) is 16.7. The van der Waals surface area contributed by atoms with Gasteiger partial charge in [0.15, 0.2) is 4.84 Å². The summed E-state index contributed by atoms with van der Waals surface area (Å²) in [5.74, 6) is -0.221. The maximum absolute atomic E-state index is 13.1. The van der Waals surface area contributed by atoms with Crippen LogP contribution in [0.4, 0.5) is 4.39 Å². The van der Waals surface area contributed by atoms with Crippen molar-refractivity contribution in [1.82, 2.24) is 10.7 Å². The lowest BCUT2D eigenvalue weighted by Gasteiger charge is -2.22. The van der Waals surface area contributed by atoms with Crippen LogP contribution in [0, 0.1) is 5.92 Å². The van der Waals surface area contributed by atoms with Gasteiger partial charge in [0.1, 0.15) is 17.8 Å². The van der Waals surface area contributed by atoms with E-state index in [0.717, 1.165) is 12.8 Å². The van der Waals surface area contributed by atoms with E-state index in [1.807, 2.05) is 6.21 Å². The van der Waals surface area contributed by atoms with Gasteiger partial charge < -0.3 is 10.4 Å². The summed E-state index contributed by atoms with van der Waals surface area (Å²) in [4.78, 5) is 10.6. The SMILES string of the molecule is O=C(NC(CF)C(O)c1ccc(C(=S)N/N=C/C2CC2)cc1)C(Cl)Cl. The van der Waals surface area contributed by atoms with Gasteiger partial charge in [-0.25, -0.2) is 4.39 Å². The van der Waals surface area contributed by atoms with E-state index in [1.165, 1.54) is 0 Å². The van der Waals surface area contributed by atoms with Gasteiger partial charge in [-0.3, -0.25) is 10.2 Å². The average Bonchev–Trinajstić information content (AvgIpc) is 3.43. The second-order valence-electron chi connectivity index (χ2n) is 5.69. The Labute approximate surface area is 160 Å². The minimum Gasteiger partial charge on any atom is -0.386 e. The molecular weight excluding hydrogens is 388 g/mol. The third kappa shape index (κ3) is 6.18. The fourth-order valence-corrected chi connectivity index (χ4v) is 2.34. The van der Waals surface area contributed by atoms with Crippen molar-refractivity contribution in [3.05, 3.63) is 35.4 Å². The summed E-state index contributed by atoms with van der Waals surface area (Å²) in [7, 11) is 0. The molecule has 0 aliphatic heterocycles. The Balaban J connectivity index is 1.96. The van der Waals surface area contributed by atoms with E-state index in [1.54, 1.807) is 24.3 Å². The molecule has 0 spiro atoms. The minimum atomic E-state index is -1.33. The summed E-state index contributed by atoms with van der Waals surface area (Å²) in [6.45, 7) is -0.967. The number of rotatable bonds is 8. The fourth-order valence-electron chi connectivity index (χ4n) is 2.02. The predicted octanol–water partition coefficient (Wildman–Crippen LogP) is 2.64. The van der Waals surface area contributed by atoms with Gasteiger partial charge in [0, 0.05) is 11.8 Å². The highest BCUT2D eigenvalue weighted by molar-refractivity contribution is 7.80. The number of amides is 1. The van der Waals surface area contributed by atoms with Crippen molar-refractivity contribution < 1.29 is 14.3 Å². The van der Waals surface area contributed by atoms with E-state index in [4.69, 9.17) is 35.4 Å². The molecule has 3 N–H and O–H groups in total. The number of carbonyl (C=O) groups is 1. The molecule has 2 unspecified atom stereocenters. The Bertz CT molecular complexity index is 639. The molecule has 1 aliphatic rings. The molecule has 1 aromatic carbocycles. The zero-order valence-electron chi connectivity index (χ0n) is 13.2. The second-order valence-corrected chi connectivity index (χ2v) is 7.20. The van der Waals surface area contributed by atoms with E-state index in [9.17, 15) is 14.3 Å². The highest BCUT2D eigenvalue weighted by Gasteiger charge is 2.25. The zero-order chi connectivity index (χ0) is 18.4. The number of hydrogen-bond acceptors (Lipinski definition) is 4. The van der Waals surface area contributed by atoms with Crippen molar-refractivity contribution in [1.29, 1.82) is 0 Å². The van der Waals surface area contributed by atoms with Crippen LogP contribution in [0.5, 0.6) is 0 Å². The van der Waals surface area contributed by atoms with Crippen LogP contribution < -0.4 is 10.7 Å². The maximum Gasteiger partial charge on any atom is 0.253 e. The van der Waals surface area contributed by atoms with E-state index in [0.29, 0.717) is 22.0 Å². The van der Waals surface area contributed by atoms with Crippen molar-refractivity contribution in [2.75, 3.05) is 6.67 Å². The van der Waals surface area contributed by atoms with Gasteiger partial charge in [-0.05, 0) is 24.3 Å². The van der Waals surface area contributed by atoms with Crippen molar-refractivity contribution >= 4 is 52.5 Å². The number of halogens is 3. The minimum absolute atomic E-state index is 0.427. The molecule has 0 saturated heterocycles. The highest BCUT2D eigenvalue weighted by Crippen LogP contribution is 2.26. The smallest absolute Gasteiger partial charge is 0.253 e. The maximum atomic E-state index is 13.1. The number of hydrogen-bond donors (Lipinski definition) is 3. The van der Waals surface area contributed by atoms with Crippen LogP contribution in [-0.2, 0) is 4.79 Å². The third-order valence-electron chi connectivity index (χ3n) is 3.66. The number of thiocarbonyl (C=S) groups is 1. The fraction of sp³-hybridized carbons (Fsp3) is 0.438. The van der Waals surface area contributed by atoms with Gasteiger partial charge in [0.2, 0.25) is 0 Å². The second kappa shape index (κ2) is 9.43. The van der Waals surface area contributed by atoms with Gasteiger partial charge in [-0.1, -0.05) is 59.7 Å². The standard InChI is InChI=1S/C16H18Cl2FN3O2S/c17-14(18)15(24)21-12(7-19)13(23)10-3-5-11(6-4-10)16(25)22-20-8-9-1-2-9/h3-6,8-9,12-14,23H,1-2,7H2,(H,21,24)(H,22,25)/b20-8+. The monoisotopic (exact) mass is 405 g/mol. The molecule has 9 heteroatoms. The molecule has 0 aromatic heterocycles. The Hall–Kier alpha value is -1.28. The topological polar surface area (TPSA) is 73.7 Å². The summed E-state index contributed by atoms with van der Waals surface area (Å²) in [6, 6.07) is 5.43. The van der Waals surface area contributed by atoms with Gasteiger partial charge in [-0.2, -0.15) is 5.10 Å².